The lowest BCUT2D eigenvalue weighted by Crippen LogP contribution is -2.18. The van der Waals surface area contributed by atoms with Crippen LogP contribution in [-0.2, 0) is 5.41 Å². The second kappa shape index (κ2) is 21.1. The Kier molecular flexibility index (Phi) is 12.5. The minimum Gasteiger partial charge on any atom is -0.309 e. The zero-order chi connectivity index (χ0) is 58.0. The van der Waals surface area contributed by atoms with E-state index < -0.39 is 5.41 Å². The van der Waals surface area contributed by atoms with E-state index in [1.54, 1.807) is 0 Å². The molecule has 16 rings (SSSR count). The molecule has 15 aromatic carbocycles. The number of nitrogens with zero attached hydrogens (tertiary/aromatic N) is 4. The van der Waals surface area contributed by atoms with Crippen LogP contribution in [0.4, 0.5) is 68.2 Å². The SMILES string of the molecule is CC1(C)c2cc(N(c3ccccc3)c3c4ccccc4c(N(c4ccccc4)c4ccccc4)c4ccccc34)ccc2-c2c1cc(N(c1ccccc1)c1c3ccccc3c(N(c3ccccc3)c3ccccc3)c3ccccc13)c1ccccc21. The average Bonchev–Trinajstić information content (AvgIpc) is 1.80. The fraction of sp³-hybridized carbons (Fsp3) is 0.0361. The summed E-state index contributed by atoms with van der Waals surface area (Å²) in [5.74, 6) is 0. The van der Waals surface area contributed by atoms with Crippen molar-refractivity contribution in [3.05, 3.63) is 339 Å². The highest BCUT2D eigenvalue weighted by Gasteiger charge is 2.39. The van der Waals surface area contributed by atoms with E-state index in [-0.39, 0.29) is 0 Å². The molecular formula is C83H60N4. The van der Waals surface area contributed by atoms with Crippen molar-refractivity contribution in [1.29, 1.82) is 0 Å². The zero-order valence-electron chi connectivity index (χ0n) is 48.5. The lowest BCUT2D eigenvalue weighted by Gasteiger charge is -2.34. The molecule has 1 aliphatic rings. The summed E-state index contributed by atoms with van der Waals surface area (Å²) in [6.45, 7) is 4.87. The quantitative estimate of drug-likeness (QED) is 0.0893. The van der Waals surface area contributed by atoms with Crippen LogP contribution in [0.5, 0.6) is 0 Å². The van der Waals surface area contributed by atoms with Gasteiger partial charge in [-0.3, -0.25) is 0 Å². The smallest absolute Gasteiger partial charge is 0.0620 e. The Morgan fingerprint density at radius 1 is 0.207 bits per heavy atom. The largest absolute Gasteiger partial charge is 0.309 e. The first-order valence-corrected chi connectivity index (χ1v) is 30.1. The van der Waals surface area contributed by atoms with Crippen molar-refractivity contribution in [2.24, 2.45) is 0 Å². The normalized spacial score (nSPS) is 12.3. The molecule has 0 aliphatic heterocycles. The summed E-state index contributed by atoms with van der Waals surface area (Å²) in [6.07, 6.45) is 0. The summed E-state index contributed by atoms with van der Waals surface area (Å²) >= 11 is 0. The van der Waals surface area contributed by atoms with Gasteiger partial charge in [0.15, 0.2) is 0 Å². The maximum absolute atomic E-state index is 2.56. The molecule has 0 unspecified atom stereocenters. The molecule has 87 heavy (non-hydrogen) atoms. The number of hydrogen-bond donors (Lipinski definition) is 0. The highest BCUT2D eigenvalue weighted by atomic mass is 15.2. The Bertz CT molecular complexity index is 4880. The second-order valence-electron chi connectivity index (χ2n) is 23.2. The maximum Gasteiger partial charge on any atom is 0.0620 e. The van der Waals surface area contributed by atoms with Gasteiger partial charge in [0, 0.05) is 93.7 Å². The molecule has 4 nitrogen and oxygen atoms in total. The van der Waals surface area contributed by atoms with Gasteiger partial charge in [-0.05, 0) is 119 Å². The highest BCUT2D eigenvalue weighted by molar-refractivity contribution is 6.26. The Morgan fingerprint density at radius 2 is 0.460 bits per heavy atom. The van der Waals surface area contributed by atoms with Crippen molar-refractivity contribution in [1.82, 2.24) is 0 Å². The first-order valence-electron chi connectivity index (χ1n) is 30.1. The maximum atomic E-state index is 2.56. The number of benzene rings is 15. The molecule has 4 heteroatoms. The van der Waals surface area contributed by atoms with Gasteiger partial charge in [-0.2, -0.15) is 0 Å². The summed E-state index contributed by atoms with van der Waals surface area (Å²) < 4.78 is 0. The van der Waals surface area contributed by atoms with Crippen molar-refractivity contribution in [3.63, 3.8) is 0 Å². The van der Waals surface area contributed by atoms with Gasteiger partial charge in [-0.15, -0.1) is 0 Å². The van der Waals surface area contributed by atoms with E-state index in [2.05, 4.69) is 361 Å². The van der Waals surface area contributed by atoms with E-state index in [1.807, 2.05) is 0 Å². The third-order valence-electron chi connectivity index (χ3n) is 17.9. The number of rotatable bonds is 12. The Labute approximate surface area is 507 Å². The van der Waals surface area contributed by atoms with Crippen molar-refractivity contribution >= 4 is 122 Å². The van der Waals surface area contributed by atoms with Crippen LogP contribution in [0.25, 0.3) is 65.0 Å². The molecule has 0 radical (unpaired) electrons. The van der Waals surface area contributed by atoms with Crippen molar-refractivity contribution in [2.45, 2.75) is 19.3 Å². The number of fused-ring (bicyclic) bond motifs is 9. The molecule has 0 fully saturated rings. The van der Waals surface area contributed by atoms with Gasteiger partial charge in [0.2, 0.25) is 0 Å². The molecule has 0 aromatic heterocycles. The van der Waals surface area contributed by atoms with Crippen molar-refractivity contribution in [3.8, 4) is 11.1 Å². The van der Waals surface area contributed by atoms with Crippen LogP contribution in [-0.4, -0.2) is 0 Å². The second-order valence-corrected chi connectivity index (χ2v) is 23.2. The lowest BCUT2D eigenvalue weighted by atomic mass is 9.81. The van der Waals surface area contributed by atoms with E-state index in [1.165, 1.54) is 33.0 Å². The molecule has 1 aliphatic carbocycles. The predicted molar refractivity (Wildman–Crippen MR) is 370 cm³/mol. The molecule has 0 saturated carbocycles. The van der Waals surface area contributed by atoms with E-state index in [9.17, 15) is 0 Å². The molecule has 412 valence electrons. The van der Waals surface area contributed by atoms with Crippen LogP contribution in [0.15, 0.2) is 328 Å². The van der Waals surface area contributed by atoms with Crippen LogP contribution < -0.4 is 19.6 Å². The molecule has 0 atom stereocenters. The Hall–Kier alpha value is -11.2. The van der Waals surface area contributed by atoms with Gasteiger partial charge < -0.3 is 19.6 Å². The number of hydrogen-bond acceptors (Lipinski definition) is 4. The van der Waals surface area contributed by atoms with Gasteiger partial charge in [0.1, 0.15) is 0 Å². The number of anilines is 12. The Morgan fingerprint density at radius 3 is 0.782 bits per heavy atom. The molecule has 15 aromatic rings. The van der Waals surface area contributed by atoms with Crippen LogP contribution >= 0.6 is 0 Å². The molecular weight excluding hydrogens is 1050 g/mol. The van der Waals surface area contributed by atoms with Gasteiger partial charge >= 0.3 is 0 Å². The fourth-order valence-corrected chi connectivity index (χ4v) is 14.1. The molecule has 0 saturated heterocycles. The molecule has 0 N–H and O–H groups in total. The minimum atomic E-state index is -0.427. The summed E-state index contributed by atoms with van der Waals surface area (Å²) in [5.41, 5.74) is 18.1. The molecule has 0 heterocycles. The van der Waals surface area contributed by atoms with Gasteiger partial charge in [0.25, 0.3) is 0 Å². The van der Waals surface area contributed by atoms with Gasteiger partial charge in [-0.1, -0.05) is 250 Å². The Balaban J connectivity index is 0.913. The van der Waals surface area contributed by atoms with Crippen LogP contribution in [0.1, 0.15) is 25.0 Å². The van der Waals surface area contributed by atoms with Gasteiger partial charge in [-0.25, -0.2) is 0 Å². The van der Waals surface area contributed by atoms with E-state index in [0.717, 1.165) is 111 Å². The monoisotopic (exact) mass is 1110 g/mol. The van der Waals surface area contributed by atoms with Gasteiger partial charge in [0.05, 0.1) is 28.4 Å². The van der Waals surface area contributed by atoms with Crippen LogP contribution in [0.3, 0.4) is 0 Å². The van der Waals surface area contributed by atoms with Crippen molar-refractivity contribution in [2.75, 3.05) is 19.6 Å². The fourth-order valence-electron chi connectivity index (χ4n) is 14.1. The van der Waals surface area contributed by atoms with Crippen LogP contribution in [0.2, 0.25) is 0 Å². The lowest BCUT2D eigenvalue weighted by molar-refractivity contribution is 0.661. The summed E-state index contributed by atoms with van der Waals surface area (Å²) in [5, 5.41) is 11.7. The van der Waals surface area contributed by atoms with Crippen molar-refractivity contribution < 1.29 is 0 Å². The van der Waals surface area contributed by atoms with E-state index in [4.69, 9.17) is 0 Å². The first kappa shape index (κ1) is 51.4. The number of para-hydroxylation sites is 6. The highest BCUT2D eigenvalue weighted by Crippen LogP contribution is 2.59. The summed E-state index contributed by atoms with van der Waals surface area (Å²) in [6, 6.07) is 120. The first-order chi connectivity index (χ1) is 43.0. The summed E-state index contributed by atoms with van der Waals surface area (Å²) in [4.78, 5) is 9.94. The third kappa shape index (κ3) is 8.43. The average molecular weight is 1110 g/mol. The zero-order valence-corrected chi connectivity index (χ0v) is 48.5. The topological polar surface area (TPSA) is 13.0 Å². The predicted octanol–water partition coefficient (Wildman–Crippen LogP) is 23.6. The van der Waals surface area contributed by atoms with E-state index in [0.29, 0.717) is 0 Å². The molecule has 0 spiro atoms. The molecule has 0 bridgehead atoms. The minimum absolute atomic E-state index is 0.427. The molecule has 0 amide bonds. The van der Waals surface area contributed by atoms with E-state index >= 15 is 0 Å². The summed E-state index contributed by atoms with van der Waals surface area (Å²) in [7, 11) is 0. The standard InChI is InChI=1S/C83H60N4/c1-83(2)75-55-63(86(61-39-17-7-18-40-61)81-68-47-25-23-45-66(68)79(67-46-24-26-48-69(67)81)84(57-31-9-3-10-32-57)58-33-11-4-12-34-58)53-54-74(75)78-65-44-22-21-43-64(65)77(56-76(78)83)87(62-41-19-8-20-42-62)82-72-51-29-27-49-70(72)80(71-50-28-30-52-73(71)82)85(59-35-13-5-14-36-59)60-37-15-6-16-38-60/h3-56H,1-2H3. The van der Waals surface area contributed by atoms with Crippen LogP contribution in [0, 0.1) is 0 Å². The third-order valence-corrected chi connectivity index (χ3v) is 17.9.